The number of nitrogens with zero attached hydrogens (tertiary/aromatic N) is 3. The molecule has 0 saturated carbocycles. The van der Waals surface area contributed by atoms with E-state index in [1.54, 1.807) is 7.11 Å². The summed E-state index contributed by atoms with van der Waals surface area (Å²) in [6.07, 6.45) is 0. The molecule has 0 radical (unpaired) electrons. The second kappa shape index (κ2) is 5.71. The Labute approximate surface area is 121 Å². The summed E-state index contributed by atoms with van der Waals surface area (Å²) in [5, 5.41) is 11.7. The Balaban J connectivity index is 2.50. The van der Waals surface area contributed by atoms with Gasteiger partial charge in [0.15, 0.2) is 0 Å². The molecule has 0 amide bonds. The standard InChI is InChI=1S/C13H17BrN4O/c1-8(15-3)13-9(2)18(17-16-13)12-7-10(19-4)5-6-11(12)14/h5-8,15H,1-4H3. The summed E-state index contributed by atoms with van der Waals surface area (Å²) in [6, 6.07) is 5.94. The fraction of sp³-hybridized carbons (Fsp3) is 0.385. The number of benzene rings is 1. The van der Waals surface area contributed by atoms with Gasteiger partial charge in [-0.1, -0.05) is 5.21 Å². The van der Waals surface area contributed by atoms with Crippen LogP contribution in [0.15, 0.2) is 22.7 Å². The summed E-state index contributed by atoms with van der Waals surface area (Å²) in [5.41, 5.74) is 2.87. The lowest BCUT2D eigenvalue weighted by molar-refractivity contribution is 0.414. The van der Waals surface area contributed by atoms with E-state index in [1.165, 1.54) is 0 Å². The Bertz CT molecular complexity index is 582. The third kappa shape index (κ3) is 2.64. The van der Waals surface area contributed by atoms with Gasteiger partial charge in [-0.25, -0.2) is 4.68 Å². The van der Waals surface area contributed by atoms with Gasteiger partial charge in [0.2, 0.25) is 0 Å². The number of nitrogens with one attached hydrogen (secondary N) is 1. The van der Waals surface area contributed by atoms with Crippen molar-refractivity contribution < 1.29 is 4.74 Å². The van der Waals surface area contributed by atoms with Gasteiger partial charge in [-0.05, 0) is 49.0 Å². The minimum atomic E-state index is 0.165. The Morgan fingerprint density at radius 2 is 2.16 bits per heavy atom. The lowest BCUT2D eigenvalue weighted by Crippen LogP contribution is -2.14. The van der Waals surface area contributed by atoms with E-state index < -0.39 is 0 Å². The molecule has 1 aromatic carbocycles. The second-order valence-corrected chi connectivity index (χ2v) is 5.15. The van der Waals surface area contributed by atoms with Gasteiger partial charge in [-0.2, -0.15) is 0 Å². The molecular weight excluding hydrogens is 308 g/mol. The highest BCUT2D eigenvalue weighted by Crippen LogP contribution is 2.27. The van der Waals surface area contributed by atoms with Gasteiger partial charge < -0.3 is 10.1 Å². The maximum Gasteiger partial charge on any atom is 0.121 e. The first kappa shape index (κ1) is 14.0. The number of hydrogen-bond acceptors (Lipinski definition) is 4. The van der Waals surface area contributed by atoms with Gasteiger partial charge >= 0.3 is 0 Å². The summed E-state index contributed by atoms with van der Waals surface area (Å²) in [4.78, 5) is 0. The van der Waals surface area contributed by atoms with Crippen LogP contribution in [0.2, 0.25) is 0 Å². The van der Waals surface area contributed by atoms with E-state index >= 15 is 0 Å². The SMILES string of the molecule is CNC(C)c1nnn(-c2cc(OC)ccc2Br)c1C. The van der Waals surface area contributed by atoms with E-state index in [0.717, 1.165) is 27.3 Å². The molecule has 2 aromatic rings. The van der Waals surface area contributed by atoms with Crippen LogP contribution in [0, 0.1) is 6.92 Å². The van der Waals surface area contributed by atoms with Crippen LogP contribution < -0.4 is 10.1 Å². The van der Waals surface area contributed by atoms with Gasteiger partial charge in [-0.3, -0.25) is 0 Å². The van der Waals surface area contributed by atoms with Crippen molar-refractivity contribution in [3.05, 3.63) is 34.1 Å². The smallest absolute Gasteiger partial charge is 0.121 e. The first-order valence-corrected chi connectivity index (χ1v) is 6.81. The van der Waals surface area contributed by atoms with Crippen molar-refractivity contribution in [2.24, 2.45) is 0 Å². The van der Waals surface area contributed by atoms with Crippen molar-refractivity contribution >= 4 is 15.9 Å². The topological polar surface area (TPSA) is 52.0 Å². The fourth-order valence-electron chi connectivity index (χ4n) is 1.89. The molecule has 1 heterocycles. The lowest BCUT2D eigenvalue weighted by atomic mass is 10.2. The van der Waals surface area contributed by atoms with E-state index in [2.05, 4.69) is 38.5 Å². The predicted molar refractivity (Wildman–Crippen MR) is 77.8 cm³/mol. The molecule has 102 valence electrons. The molecule has 0 bridgehead atoms. The molecule has 0 aliphatic rings. The van der Waals surface area contributed by atoms with Crippen molar-refractivity contribution in [1.82, 2.24) is 20.3 Å². The highest BCUT2D eigenvalue weighted by atomic mass is 79.9. The molecule has 0 aliphatic carbocycles. The number of methoxy groups -OCH3 is 1. The van der Waals surface area contributed by atoms with Gasteiger partial charge in [0, 0.05) is 10.5 Å². The van der Waals surface area contributed by atoms with E-state index in [1.807, 2.05) is 36.9 Å². The molecule has 0 spiro atoms. The van der Waals surface area contributed by atoms with Gasteiger partial charge in [-0.15, -0.1) is 5.10 Å². The third-order valence-electron chi connectivity index (χ3n) is 3.15. The number of ether oxygens (including phenoxy) is 1. The number of aromatic nitrogens is 3. The van der Waals surface area contributed by atoms with Crippen LogP contribution >= 0.6 is 15.9 Å². The summed E-state index contributed by atoms with van der Waals surface area (Å²) < 4.78 is 8.02. The number of hydrogen-bond donors (Lipinski definition) is 1. The molecular formula is C13H17BrN4O. The normalized spacial score (nSPS) is 12.5. The molecule has 1 aromatic heterocycles. The fourth-order valence-corrected chi connectivity index (χ4v) is 2.30. The Morgan fingerprint density at radius 3 is 2.79 bits per heavy atom. The molecule has 0 aliphatic heterocycles. The lowest BCUT2D eigenvalue weighted by Gasteiger charge is -2.10. The van der Waals surface area contributed by atoms with Crippen molar-refractivity contribution in [2.75, 3.05) is 14.2 Å². The quantitative estimate of drug-likeness (QED) is 0.939. The van der Waals surface area contributed by atoms with Gasteiger partial charge in [0.05, 0.1) is 24.5 Å². The molecule has 0 saturated heterocycles. The maximum atomic E-state index is 5.25. The van der Waals surface area contributed by atoms with Crippen LogP contribution in [0.5, 0.6) is 5.75 Å². The zero-order valence-electron chi connectivity index (χ0n) is 11.4. The molecule has 1 atom stereocenters. The van der Waals surface area contributed by atoms with Crippen molar-refractivity contribution in [3.63, 3.8) is 0 Å². The van der Waals surface area contributed by atoms with Crippen LogP contribution in [0.1, 0.15) is 24.4 Å². The van der Waals surface area contributed by atoms with Crippen molar-refractivity contribution in [2.45, 2.75) is 19.9 Å². The van der Waals surface area contributed by atoms with Crippen LogP contribution in [0.25, 0.3) is 5.69 Å². The van der Waals surface area contributed by atoms with Crippen LogP contribution in [-0.2, 0) is 0 Å². The van der Waals surface area contributed by atoms with Crippen LogP contribution in [0.4, 0.5) is 0 Å². The maximum absolute atomic E-state index is 5.25. The van der Waals surface area contributed by atoms with E-state index in [9.17, 15) is 0 Å². The van der Waals surface area contributed by atoms with Gasteiger partial charge in [0.25, 0.3) is 0 Å². The molecule has 1 unspecified atom stereocenters. The summed E-state index contributed by atoms with van der Waals surface area (Å²) in [7, 11) is 3.56. The highest BCUT2D eigenvalue weighted by Gasteiger charge is 2.16. The molecule has 1 N–H and O–H groups in total. The van der Waals surface area contributed by atoms with Crippen LogP contribution in [-0.4, -0.2) is 29.2 Å². The zero-order chi connectivity index (χ0) is 14.0. The first-order chi connectivity index (χ1) is 9.08. The number of halogens is 1. The largest absolute Gasteiger partial charge is 0.497 e. The summed E-state index contributed by atoms with van der Waals surface area (Å²) >= 11 is 3.53. The molecule has 19 heavy (non-hydrogen) atoms. The monoisotopic (exact) mass is 324 g/mol. The van der Waals surface area contributed by atoms with E-state index in [-0.39, 0.29) is 6.04 Å². The van der Waals surface area contributed by atoms with Gasteiger partial charge in [0.1, 0.15) is 11.4 Å². The summed E-state index contributed by atoms with van der Waals surface area (Å²) in [5.74, 6) is 0.788. The highest BCUT2D eigenvalue weighted by molar-refractivity contribution is 9.10. The van der Waals surface area contributed by atoms with E-state index in [4.69, 9.17) is 4.74 Å². The first-order valence-electron chi connectivity index (χ1n) is 6.01. The molecule has 5 nitrogen and oxygen atoms in total. The van der Waals surface area contributed by atoms with E-state index in [0.29, 0.717) is 0 Å². The van der Waals surface area contributed by atoms with Crippen molar-refractivity contribution in [1.29, 1.82) is 0 Å². The minimum Gasteiger partial charge on any atom is -0.497 e. The Kier molecular flexibility index (Phi) is 4.21. The van der Waals surface area contributed by atoms with Crippen LogP contribution in [0.3, 0.4) is 0 Å². The predicted octanol–water partition coefficient (Wildman–Crippen LogP) is 2.63. The Morgan fingerprint density at radius 1 is 1.42 bits per heavy atom. The van der Waals surface area contributed by atoms with Crippen molar-refractivity contribution in [3.8, 4) is 11.4 Å². The molecule has 0 fully saturated rings. The average Bonchev–Trinajstić information content (AvgIpc) is 2.80. The molecule has 6 heteroatoms. The summed E-state index contributed by atoms with van der Waals surface area (Å²) in [6.45, 7) is 4.07. The third-order valence-corrected chi connectivity index (χ3v) is 3.83. The second-order valence-electron chi connectivity index (χ2n) is 4.30. The minimum absolute atomic E-state index is 0.165. The number of rotatable bonds is 4. The molecule has 2 rings (SSSR count). The zero-order valence-corrected chi connectivity index (χ0v) is 13.0. The average molecular weight is 325 g/mol. The Hall–Kier alpha value is -1.40.